The molecule has 4 rings (SSSR count). The second-order valence-electron chi connectivity index (χ2n) is 6.81. The van der Waals surface area contributed by atoms with Crippen molar-refractivity contribution in [1.82, 2.24) is 15.3 Å². The van der Waals surface area contributed by atoms with E-state index >= 15 is 0 Å². The molecule has 0 spiro atoms. The Kier molecular flexibility index (Phi) is 4.29. The van der Waals surface area contributed by atoms with Crippen LogP contribution < -0.4 is 5.32 Å². The minimum atomic E-state index is -0.251. The zero-order valence-electron chi connectivity index (χ0n) is 13.6. The van der Waals surface area contributed by atoms with E-state index in [1.807, 2.05) is 0 Å². The highest BCUT2D eigenvalue weighted by Gasteiger charge is 2.27. The van der Waals surface area contributed by atoms with Gasteiger partial charge < -0.3 is 10.4 Å². The molecule has 1 aliphatic carbocycles. The summed E-state index contributed by atoms with van der Waals surface area (Å²) in [7, 11) is 0. The van der Waals surface area contributed by atoms with Crippen LogP contribution in [0, 0.1) is 5.82 Å². The van der Waals surface area contributed by atoms with Gasteiger partial charge in [-0.1, -0.05) is 6.42 Å². The van der Waals surface area contributed by atoms with Crippen molar-refractivity contribution < 1.29 is 9.50 Å². The summed E-state index contributed by atoms with van der Waals surface area (Å²) >= 11 is 0. The molecule has 0 amide bonds. The van der Waals surface area contributed by atoms with Crippen LogP contribution in [0.1, 0.15) is 48.7 Å². The number of hydrogen-bond acceptors (Lipinski definition) is 4. The predicted octanol–water partition coefficient (Wildman–Crippen LogP) is 2.95. The van der Waals surface area contributed by atoms with Gasteiger partial charge in [-0.05, 0) is 43.5 Å². The number of hydrogen-bond donors (Lipinski definition) is 2. The van der Waals surface area contributed by atoms with Crippen molar-refractivity contribution in [3.8, 4) is 11.3 Å². The van der Waals surface area contributed by atoms with Gasteiger partial charge in [-0.15, -0.1) is 0 Å². The van der Waals surface area contributed by atoms with Crippen molar-refractivity contribution in [2.24, 2.45) is 0 Å². The third-order valence-electron chi connectivity index (χ3n) is 5.08. The largest absolute Gasteiger partial charge is 0.393 e. The molecule has 2 N–H and O–H groups in total. The van der Waals surface area contributed by atoms with E-state index in [1.54, 1.807) is 12.1 Å². The number of aromatic nitrogens is 2. The van der Waals surface area contributed by atoms with E-state index in [4.69, 9.17) is 9.97 Å². The first-order valence-electron chi connectivity index (χ1n) is 8.75. The maximum absolute atomic E-state index is 13.3. The Labute approximate surface area is 141 Å². The average Bonchev–Trinajstić information content (AvgIpc) is 2.61. The van der Waals surface area contributed by atoms with E-state index in [9.17, 15) is 9.50 Å². The van der Waals surface area contributed by atoms with Gasteiger partial charge in [-0.25, -0.2) is 14.4 Å². The summed E-state index contributed by atoms with van der Waals surface area (Å²) < 4.78 is 13.3. The fraction of sp³-hybridized carbons (Fsp3) is 0.474. The molecule has 0 saturated heterocycles. The number of aliphatic hydroxyl groups is 1. The Balaban J connectivity index is 1.78. The van der Waals surface area contributed by atoms with Crippen LogP contribution >= 0.6 is 0 Å². The third kappa shape index (κ3) is 3.06. The van der Waals surface area contributed by atoms with Gasteiger partial charge in [-0.3, -0.25) is 0 Å². The van der Waals surface area contributed by atoms with E-state index in [2.05, 4.69) is 5.32 Å². The molecule has 0 bridgehead atoms. The number of aliphatic hydroxyl groups excluding tert-OH is 1. The third-order valence-corrected chi connectivity index (χ3v) is 5.08. The average molecular weight is 327 g/mol. The van der Waals surface area contributed by atoms with E-state index in [0.29, 0.717) is 0 Å². The molecule has 2 atom stereocenters. The standard InChI is InChI=1S/C19H22FN3O/c20-14-6-4-12(5-7-14)18-16-11-21-9-8-17(16)22-19(23-18)13-2-1-3-15(24)10-13/h4-7,13,15,21,24H,1-3,8-11H2. The molecule has 2 unspecified atom stereocenters. The highest BCUT2D eigenvalue weighted by molar-refractivity contribution is 5.64. The van der Waals surface area contributed by atoms with Gasteiger partial charge >= 0.3 is 0 Å². The zero-order chi connectivity index (χ0) is 16.5. The molecule has 4 nitrogen and oxygen atoms in total. The Hall–Kier alpha value is -1.85. The maximum atomic E-state index is 13.3. The molecule has 24 heavy (non-hydrogen) atoms. The van der Waals surface area contributed by atoms with Gasteiger partial charge in [0.1, 0.15) is 11.6 Å². The first kappa shape index (κ1) is 15.7. The summed E-state index contributed by atoms with van der Waals surface area (Å²) in [6.45, 7) is 1.66. The van der Waals surface area contributed by atoms with Crippen LogP contribution in [0.4, 0.5) is 4.39 Å². The summed E-state index contributed by atoms with van der Waals surface area (Å²) in [5.41, 5.74) is 4.05. The lowest BCUT2D eigenvalue weighted by Crippen LogP contribution is -2.27. The summed E-state index contributed by atoms with van der Waals surface area (Å²) in [6, 6.07) is 6.52. The molecule has 0 radical (unpaired) electrons. The molecular weight excluding hydrogens is 305 g/mol. The molecule has 5 heteroatoms. The summed E-state index contributed by atoms with van der Waals surface area (Å²) in [4.78, 5) is 9.70. The normalized spacial score (nSPS) is 23.8. The Morgan fingerprint density at radius 1 is 1.12 bits per heavy atom. The van der Waals surface area contributed by atoms with Gasteiger partial charge in [0.05, 0.1) is 17.5 Å². The summed E-state index contributed by atoms with van der Waals surface area (Å²) in [5.74, 6) is 0.817. The molecular formula is C19H22FN3O. The van der Waals surface area contributed by atoms with Crippen molar-refractivity contribution in [3.63, 3.8) is 0 Å². The highest BCUT2D eigenvalue weighted by atomic mass is 19.1. The number of nitrogens with one attached hydrogen (secondary N) is 1. The molecule has 2 aromatic rings. The number of benzene rings is 1. The lowest BCUT2D eigenvalue weighted by Gasteiger charge is -2.27. The van der Waals surface area contributed by atoms with Crippen LogP contribution in [0.3, 0.4) is 0 Å². The number of rotatable bonds is 2. The molecule has 2 heterocycles. The number of nitrogens with zero attached hydrogens (tertiary/aromatic N) is 2. The van der Waals surface area contributed by atoms with Crippen molar-refractivity contribution in [2.45, 2.75) is 50.7 Å². The zero-order valence-corrected chi connectivity index (χ0v) is 13.6. The lowest BCUT2D eigenvalue weighted by molar-refractivity contribution is 0.118. The lowest BCUT2D eigenvalue weighted by atomic mass is 9.86. The number of fused-ring (bicyclic) bond motifs is 1. The number of halogens is 1. The second-order valence-corrected chi connectivity index (χ2v) is 6.81. The Morgan fingerprint density at radius 2 is 1.96 bits per heavy atom. The smallest absolute Gasteiger partial charge is 0.132 e. The van der Waals surface area contributed by atoms with E-state index in [1.165, 1.54) is 12.1 Å². The van der Waals surface area contributed by atoms with Gasteiger partial charge in [0, 0.05) is 36.6 Å². The SMILES string of the molecule is OC1CCCC(c2nc3c(c(-c4ccc(F)cc4)n2)CNCC3)C1. The highest BCUT2D eigenvalue weighted by Crippen LogP contribution is 2.34. The molecule has 1 saturated carbocycles. The molecule has 1 aromatic heterocycles. The molecule has 2 aliphatic rings. The quantitative estimate of drug-likeness (QED) is 0.890. The van der Waals surface area contributed by atoms with Crippen molar-refractivity contribution in [1.29, 1.82) is 0 Å². The van der Waals surface area contributed by atoms with Crippen LogP contribution in [-0.2, 0) is 13.0 Å². The van der Waals surface area contributed by atoms with E-state index in [0.717, 1.165) is 73.5 Å². The maximum Gasteiger partial charge on any atom is 0.132 e. The van der Waals surface area contributed by atoms with Crippen LogP contribution in [0.2, 0.25) is 0 Å². The first-order chi connectivity index (χ1) is 11.7. The van der Waals surface area contributed by atoms with Gasteiger partial charge in [0.2, 0.25) is 0 Å². The van der Waals surface area contributed by atoms with Crippen LogP contribution in [-0.4, -0.2) is 27.7 Å². The van der Waals surface area contributed by atoms with Gasteiger partial charge in [0.25, 0.3) is 0 Å². The predicted molar refractivity (Wildman–Crippen MR) is 90.1 cm³/mol. The fourth-order valence-electron chi connectivity index (χ4n) is 3.79. The molecule has 126 valence electrons. The minimum absolute atomic E-state index is 0.216. The summed E-state index contributed by atoms with van der Waals surface area (Å²) in [6.07, 6.45) is 4.28. The van der Waals surface area contributed by atoms with Crippen molar-refractivity contribution in [3.05, 3.63) is 47.2 Å². The molecule has 1 fully saturated rings. The van der Waals surface area contributed by atoms with E-state index in [-0.39, 0.29) is 17.8 Å². The molecule has 1 aliphatic heterocycles. The Bertz CT molecular complexity index is 732. The Morgan fingerprint density at radius 3 is 2.75 bits per heavy atom. The topological polar surface area (TPSA) is 58.0 Å². The van der Waals surface area contributed by atoms with Crippen LogP contribution in [0.25, 0.3) is 11.3 Å². The second kappa shape index (κ2) is 6.57. The monoisotopic (exact) mass is 327 g/mol. The van der Waals surface area contributed by atoms with E-state index < -0.39 is 0 Å². The minimum Gasteiger partial charge on any atom is -0.393 e. The van der Waals surface area contributed by atoms with Crippen molar-refractivity contribution >= 4 is 0 Å². The van der Waals surface area contributed by atoms with Gasteiger partial charge in [-0.2, -0.15) is 0 Å². The molecule has 1 aromatic carbocycles. The first-order valence-corrected chi connectivity index (χ1v) is 8.75. The summed E-state index contributed by atoms with van der Waals surface area (Å²) in [5, 5.41) is 13.4. The fourth-order valence-corrected chi connectivity index (χ4v) is 3.79. The van der Waals surface area contributed by atoms with Crippen LogP contribution in [0.15, 0.2) is 24.3 Å². The van der Waals surface area contributed by atoms with Gasteiger partial charge in [0.15, 0.2) is 0 Å². The van der Waals surface area contributed by atoms with Crippen LogP contribution in [0.5, 0.6) is 0 Å². The van der Waals surface area contributed by atoms with Crippen molar-refractivity contribution in [2.75, 3.05) is 6.54 Å².